The Balaban J connectivity index is 0.00000256. The molecule has 0 aromatic heterocycles. The molecule has 0 fully saturated rings. The number of halogens is 2. The van der Waals surface area contributed by atoms with Crippen LogP contribution >= 0.6 is 12.4 Å². The highest BCUT2D eigenvalue weighted by molar-refractivity contribution is 5.85. The van der Waals surface area contributed by atoms with E-state index in [-0.39, 0.29) is 23.5 Å². The second-order valence-corrected chi connectivity index (χ2v) is 3.78. The molecule has 3 N–H and O–H groups in total. The van der Waals surface area contributed by atoms with Crippen molar-refractivity contribution >= 4 is 12.4 Å². The molecule has 0 unspecified atom stereocenters. The van der Waals surface area contributed by atoms with Gasteiger partial charge < -0.3 is 10.8 Å². The molecule has 92 valence electrons. The number of phenolic OH excluding ortho intramolecular Hbond substituents is 1. The van der Waals surface area contributed by atoms with Gasteiger partial charge in [-0.15, -0.1) is 19.0 Å². The first-order valence-electron chi connectivity index (χ1n) is 4.78. The lowest BCUT2D eigenvalue weighted by Gasteiger charge is -2.14. The van der Waals surface area contributed by atoms with E-state index in [2.05, 4.69) is 6.58 Å². The second-order valence-electron chi connectivity index (χ2n) is 3.78. The second kappa shape index (κ2) is 6.24. The minimum atomic E-state index is -0.828. The van der Waals surface area contributed by atoms with Gasteiger partial charge in [0.25, 0.3) is 0 Å². The van der Waals surface area contributed by atoms with Crippen molar-refractivity contribution in [3.8, 4) is 11.8 Å². The largest absolute Gasteiger partial charge is 0.505 e. The first kappa shape index (κ1) is 15.4. The molecular formula is C12H14ClFN2O. The highest BCUT2D eigenvalue weighted by Gasteiger charge is 2.16. The van der Waals surface area contributed by atoms with Gasteiger partial charge in [-0.25, -0.2) is 4.39 Å². The van der Waals surface area contributed by atoms with Crippen LogP contribution in [0.3, 0.4) is 0 Å². The van der Waals surface area contributed by atoms with E-state index in [1.54, 1.807) is 6.92 Å². The minimum Gasteiger partial charge on any atom is -0.505 e. The summed E-state index contributed by atoms with van der Waals surface area (Å²) in [5, 5.41) is 18.2. The molecule has 5 heteroatoms. The van der Waals surface area contributed by atoms with Gasteiger partial charge in [-0.3, -0.25) is 0 Å². The van der Waals surface area contributed by atoms with Crippen LogP contribution in [-0.4, -0.2) is 5.11 Å². The molecule has 0 radical (unpaired) electrons. The predicted molar refractivity (Wildman–Crippen MR) is 66.4 cm³/mol. The van der Waals surface area contributed by atoms with E-state index in [0.717, 1.165) is 11.6 Å². The number of hydrogen-bond donors (Lipinski definition) is 2. The summed E-state index contributed by atoms with van der Waals surface area (Å²) < 4.78 is 13.2. The zero-order valence-electron chi connectivity index (χ0n) is 9.40. The third-order valence-electron chi connectivity index (χ3n) is 2.19. The van der Waals surface area contributed by atoms with Crippen molar-refractivity contribution in [2.24, 2.45) is 5.73 Å². The number of benzene rings is 1. The number of nitriles is 1. The highest BCUT2D eigenvalue weighted by Crippen LogP contribution is 2.30. The number of phenols is 1. The number of aromatic hydroxyl groups is 1. The maximum atomic E-state index is 13.2. The smallest absolute Gasteiger partial charge is 0.166 e. The van der Waals surface area contributed by atoms with Gasteiger partial charge in [0.05, 0.1) is 11.6 Å². The molecule has 1 aromatic rings. The number of rotatable bonds is 3. The normalized spacial score (nSPS) is 11.2. The molecule has 1 atom stereocenters. The quantitative estimate of drug-likeness (QED) is 0.817. The molecule has 0 heterocycles. The molecule has 0 saturated carbocycles. The molecule has 3 nitrogen and oxygen atoms in total. The molecule has 0 aliphatic rings. The standard InChI is InChI=1S/C12H13FN2O.ClH/c1-7(2)3-11(15)9-4-8(6-14)5-10(13)12(9)16;/h4-5,11,16H,1,3,15H2,2H3;1H/t11-;/m1./s1. The first-order chi connectivity index (χ1) is 7.45. The Morgan fingerprint density at radius 3 is 2.71 bits per heavy atom. The average molecular weight is 257 g/mol. The van der Waals surface area contributed by atoms with Crippen molar-refractivity contribution in [3.05, 3.63) is 41.2 Å². The zero-order valence-corrected chi connectivity index (χ0v) is 10.2. The Kier molecular flexibility index (Phi) is 5.66. The van der Waals surface area contributed by atoms with Gasteiger partial charge in [0.1, 0.15) is 0 Å². The Bertz CT molecular complexity index is 468. The van der Waals surface area contributed by atoms with Crippen LogP contribution < -0.4 is 5.73 Å². The molecule has 17 heavy (non-hydrogen) atoms. The van der Waals surface area contributed by atoms with E-state index in [4.69, 9.17) is 11.0 Å². The predicted octanol–water partition coefficient (Wildman–Crippen LogP) is 2.79. The van der Waals surface area contributed by atoms with E-state index in [0.29, 0.717) is 6.42 Å². The number of nitrogens with zero attached hydrogens (tertiary/aromatic N) is 1. The Morgan fingerprint density at radius 1 is 1.65 bits per heavy atom. The fourth-order valence-electron chi connectivity index (χ4n) is 1.45. The van der Waals surface area contributed by atoms with Crippen LogP contribution in [0, 0.1) is 17.1 Å². The van der Waals surface area contributed by atoms with Crippen LogP contribution in [0.2, 0.25) is 0 Å². The lowest BCUT2D eigenvalue weighted by atomic mass is 9.98. The molecule has 1 aromatic carbocycles. The van der Waals surface area contributed by atoms with E-state index in [1.165, 1.54) is 6.07 Å². The molecule has 1 rings (SSSR count). The van der Waals surface area contributed by atoms with Crippen LogP contribution in [0.15, 0.2) is 24.3 Å². The van der Waals surface area contributed by atoms with Crippen molar-refractivity contribution in [1.82, 2.24) is 0 Å². The van der Waals surface area contributed by atoms with E-state index in [9.17, 15) is 9.50 Å². The molecular weight excluding hydrogens is 243 g/mol. The van der Waals surface area contributed by atoms with Crippen molar-refractivity contribution in [3.63, 3.8) is 0 Å². The summed E-state index contributed by atoms with van der Waals surface area (Å²) >= 11 is 0. The monoisotopic (exact) mass is 256 g/mol. The van der Waals surface area contributed by atoms with Crippen LogP contribution in [0.4, 0.5) is 4.39 Å². The van der Waals surface area contributed by atoms with Crippen LogP contribution in [0.1, 0.15) is 30.5 Å². The van der Waals surface area contributed by atoms with E-state index < -0.39 is 17.6 Å². The Labute approximate surface area is 106 Å². The van der Waals surface area contributed by atoms with Gasteiger partial charge in [0.2, 0.25) is 0 Å². The molecule has 0 aliphatic heterocycles. The van der Waals surface area contributed by atoms with Crippen molar-refractivity contribution < 1.29 is 9.50 Å². The first-order valence-corrected chi connectivity index (χ1v) is 4.78. The van der Waals surface area contributed by atoms with Crippen molar-refractivity contribution in [2.45, 2.75) is 19.4 Å². The van der Waals surface area contributed by atoms with Crippen molar-refractivity contribution in [2.75, 3.05) is 0 Å². The minimum absolute atomic E-state index is 0. The lowest BCUT2D eigenvalue weighted by Crippen LogP contribution is -2.11. The Hall–Kier alpha value is -1.57. The van der Waals surface area contributed by atoms with Gasteiger partial charge in [0, 0.05) is 11.6 Å². The molecule has 0 aliphatic carbocycles. The summed E-state index contributed by atoms with van der Waals surface area (Å²) in [5.41, 5.74) is 7.00. The molecule has 0 amide bonds. The molecule has 0 spiro atoms. The van der Waals surface area contributed by atoms with Crippen molar-refractivity contribution in [1.29, 1.82) is 5.26 Å². The summed E-state index contributed by atoms with van der Waals surface area (Å²) in [4.78, 5) is 0. The maximum absolute atomic E-state index is 13.2. The van der Waals surface area contributed by atoms with Crippen LogP contribution in [-0.2, 0) is 0 Å². The fourth-order valence-corrected chi connectivity index (χ4v) is 1.45. The summed E-state index contributed by atoms with van der Waals surface area (Å²) in [6.07, 6.45) is 0.432. The Morgan fingerprint density at radius 2 is 2.24 bits per heavy atom. The highest BCUT2D eigenvalue weighted by atomic mass is 35.5. The number of nitrogens with two attached hydrogens (primary N) is 1. The third-order valence-corrected chi connectivity index (χ3v) is 2.19. The maximum Gasteiger partial charge on any atom is 0.166 e. The van der Waals surface area contributed by atoms with E-state index >= 15 is 0 Å². The van der Waals surface area contributed by atoms with E-state index in [1.807, 2.05) is 6.07 Å². The summed E-state index contributed by atoms with van der Waals surface area (Å²) in [5.74, 6) is -1.32. The summed E-state index contributed by atoms with van der Waals surface area (Å²) in [6.45, 7) is 5.49. The number of hydrogen-bond acceptors (Lipinski definition) is 3. The molecule has 0 bridgehead atoms. The van der Waals surface area contributed by atoms with Gasteiger partial charge >= 0.3 is 0 Å². The van der Waals surface area contributed by atoms with Gasteiger partial charge in [-0.1, -0.05) is 5.57 Å². The molecule has 0 saturated heterocycles. The SMILES string of the molecule is C=C(C)C[C@@H](N)c1cc(C#N)cc(F)c1O.Cl. The average Bonchev–Trinajstić information content (AvgIpc) is 2.20. The van der Waals surface area contributed by atoms with Gasteiger partial charge in [0.15, 0.2) is 11.6 Å². The van der Waals surface area contributed by atoms with Gasteiger partial charge in [-0.05, 0) is 25.5 Å². The summed E-state index contributed by atoms with van der Waals surface area (Å²) in [6, 6.07) is 3.63. The van der Waals surface area contributed by atoms with Gasteiger partial charge in [-0.2, -0.15) is 5.26 Å². The fraction of sp³-hybridized carbons (Fsp3) is 0.250. The third kappa shape index (κ3) is 3.74. The zero-order chi connectivity index (χ0) is 12.3. The van der Waals surface area contributed by atoms with Crippen LogP contribution in [0.25, 0.3) is 0 Å². The summed E-state index contributed by atoms with van der Waals surface area (Å²) in [7, 11) is 0. The topological polar surface area (TPSA) is 70.0 Å². The lowest BCUT2D eigenvalue weighted by molar-refractivity contribution is 0.420. The van der Waals surface area contributed by atoms with Crippen LogP contribution in [0.5, 0.6) is 5.75 Å².